The Balaban J connectivity index is 1.32. The maximum absolute atomic E-state index is 13.0. The Hall–Kier alpha value is -3.38. The molecule has 3 aromatic carbocycles. The molecule has 0 unspecified atom stereocenters. The normalized spacial score (nSPS) is 11.0. The number of rotatable bonds is 10. The number of carbonyl (C=O) groups is 1. The molecule has 5 nitrogen and oxygen atoms in total. The fraction of sp³-hybridized carbons (Fsp3) is 0.259. The van der Waals surface area contributed by atoms with Crippen LogP contribution in [0.1, 0.15) is 34.6 Å². The summed E-state index contributed by atoms with van der Waals surface area (Å²) in [6.07, 6.45) is 2.31. The van der Waals surface area contributed by atoms with Crippen LogP contribution in [-0.4, -0.2) is 28.6 Å². The number of aromatic nitrogens is 2. The molecule has 0 spiro atoms. The molecule has 1 amide bonds. The maximum Gasteiger partial charge on any atom is 0.251 e. The molecule has 0 aliphatic heterocycles. The van der Waals surface area contributed by atoms with E-state index in [0.29, 0.717) is 18.7 Å². The Kier molecular flexibility index (Phi) is 7.80. The van der Waals surface area contributed by atoms with Gasteiger partial charge in [-0.3, -0.25) is 4.79 Å². The fourth-order valence-corrected chi connectivity index (χ4v) is 3.95. The lowest BCUT2D eigenvalue weighted by atomic mass is 10.2. The second kappa shape index (κ2) is 11.2. The molecular formula is C27H27ClFN3O2. The molecular weight excluding hydrogens is 453 g/mol. The van der Waals surface area contributed by atoms with Crippen molar-refractivity contribution in [1.82, 2.24) is 14.9 Å². The van der Waals surface area contributed by atoms with Crippen molar-refractivity contribution in [3.63, 3.8) is 0 Å². The van der Waals surface area contributed by atoms with Gasteiger partial charge in [0.1, 0.15) is 17.4 Å². The van der Waals surface area contributed by atoms with Crippen molar-refractivity contribution in [1.29, 1.82) is 0 Å². The van der Waals surface area contributed by atoms with Crippen molar-refractivity contribution in [2.45, 2.75) is 32.7 Å². The van der Waals surface area contributed by atoms with Crippen molar-refractivity contribution in [2.24, 2.45) is 0 Å². The molecule has 1 N–H and O–H groups in total. The zero-order valence-electron chi connectivity index (χ0n) is 19.1. The first-order chi connectivity index (χ1) is 16.5. The SMILES string of the molecule is Cc1cc(OCCCn2c(CCCNC(=O)c3ccc(F)cc3)nc3ccccc32)ccc1Cl. The van der Waals surface area contributed by atoms with Gasteiger partial charge in [0.15, 0.2) is 0 Å². The first-order valence-corrected chi connectivity index (χ1v) is 11.8. The van der Waals surface area contributed by atoms with Gasteiger partial charge in [-0.1, -0.05) is 23.7 Å². The van der Waals surface area contributed by atoms with Crippen LogP contribution in [0.3, 0.4) is 0 Å². The van der Waals surface area contributed by atoms with E-state index in [0.717, 1.165) is 59.0 Å². The second-order valence-corrected chi connectivity index (χ2v) is 8.55. The van der Waals surface area contributed by atoms with Crippen molar-refractivity contribution in [3.05, 3.63) is 94.5 Å². The van der Waals surface area contributed by atoms with Gasteiger partial charge in [-0.25, -0.2) is 9.37 Å². The second-order valence-electron chi connectivity index (χ2n) is 8.15. The number of para-hydroxylation sites is 2. The van der Waals surface area contributed by atoms with Gasteiger partial charge in [-0.05, 0) is 79.9 Å². The highest BCUT2D eigenvalue weighted by atomic mass is 35.5. The lowest BCUT2D eigenvalue weighted by Gasteiger charge is -2.11. The largest absolute Gasteiger partial charge is 0.494 e. The summed E-state index contributed by atoms with van der Waals surface area (Å²) in [5.41, 5.74) is 3.50. The zero-order valence-corrected chi connectivity index (χ0v) is 19.8. The number of amides is 1. The molecule has 1 aromatic heterocycles. The Morgan fingerprint density at radius 2 is 1.88 bits per heavy atom. The lowest BCUT2D eigenvalue weighted by molar-refractivity contribution is 0.0953. The van der Waals surface area contributed by atoms with Crippen molar-refractivity contribution >= 4 is 28.5 Å². The third-order valence-corrected chi connectivity index (χ3v) is 6.05. The van der Waals surface area contributed by atoms with Crippen molar-refractivity contribution < 1.29 is 13.9 Å². The molecule has 176 valence electrons. The summed E-state index contributed by atoms with van der Waals surface area (Å²) in [7, 11) is 0. The number of carbonyl (C=O) groups excluding carboxylic acids is 1. The lowest BCUT2D eigenvalue weighted by Crippen LogP contribution is -2.25. The van der Waals surface area contributed by atoms with E-state index in [4.69, 9.17) is 21.3 Å². The van der Waals surface area contributed by atoms with Gasteiger partial charge < -0.3 is 14.6 Å². The highest BCUT2D eigenvalue weighted by Crippen LogP contribution is 2.22. The monoisotopic (exact) mass is 479 g/mol. The summed E-state index contributed by atoms with van der Waals surface area (Å²) < 4.78 is 21.2. The quantitative estimate of drug-likeness (QED) is 0.285. The van der Waals surface area contributed by atoms with Gasteiger partial charge >= 0.3 is 0 Å². The van der Waals surface area contributed by atoms with E-state index >= 15 is 0 Å². The average molecular weight is 480 g/mol. The minimum absolute atomic E-state index is 0.205. The van der Waals surface area contributed by atoms with Crippen LogP contribution in [0.4, 0.5) is 4.39 Å². The fourth-order valence-electron chi connectivity index (χ4n) is 3.84. The molecule has 0 aliphatic rings. The number of nitrogens with one attached hydrogen (secondary N) is 1. The first kappa shape index (κ1) is 23.8. The van der Waals surface area contributed by atoms with E-state index in [1.54, 1.807) is 0 Å². The molecule has 7 heteroatoms. The molecule has 0 fully saturated rings. The average Bonchev–Trinajstić information content (AvgIpc) is 3.19. The summed E-state index contributed by atoms with van der Waals surface area (Å²) in [4.78, 5) is 17.0. The summed E-state index contributed by atoms with van der Waals surface area (Å²) in [6, 6.07) is 19.3. The molecule has 34 heavy (non-hydrogen) atoms. The van der Waals surface area contributed by atoms with E-state index in [2.05, 4.69) is 16.0 Å². The van der Waals surface area contributed by atoms with Gasteiger partial charge in [0.2, 0.25) is 0 Å². The third kappa shape index (κ3) is 5.94. The topological polar surface area (TPSA) is 56.1 Å². The summed E-state index contributed by atoms with van der Waals surface area (Å²) in [5.74, 6) is 1.24. The van der Waals surface area contributed by atoms with Gasteiger partial charge in [0.05, 0.1) is 17.6 Å². The number of imidazole rings is 1. The van der Waals surface area contributed by atoms with Crippen LogP contribution in [0.2, 0.25) is 5.02 Å². The number of hydrogen-bond acceptors (Lipinski definition) is 3. The van der Waals surface area contributed by atoms with Gasteiger partial charge in [0.25, 0.3) is 5.91 Å². The molecule has 1 heterocycles. The number of aryl methyl sites for hydroxylation is 3. The number of halogens is 2. The first-order valence-electron chi connectivity index (χ1n) is 11.4. The third-order valence-electron chi connectivity index (χ3n) is 5.63. The molecule has 4 aromatic rings. The Bertz CT molecular complexity index is 1270. The highest BCUT2D eigenvalue weighted by Gasteiger charge is 2.11. The number of hydrogen-bond donors (Lipinski definition) is 1. The standard InChI is InChI=1S/C27H27ClFN3O2/c1-19-18-22(13-14-23(19)28)34-17-5-16-32-25-7-3-2-6-24(25)31-26(32)8-4-15-30-27(33)20-9-11-21(29)12-10-20/h2-3,6-7,9-14,18H,4-5,8,15-17H2,1H3,(H,30,33). The van der Waals surface area contributed by atoms with Crippen LogP contribution in [0.5, 0.6) is 5.75 Å². The van der Waals surface area contributed by atoms with E-state index in [-0.39, 0.29) is 11.7 Å². The van der Waals surface area contributed by atoms with E-state index in [9.17, 15) is 9.18 Å². The Labute approximate surface area is 203 Å². The molecule has 0 saturated heterocycles. The molecule has 0 bridgehead atoms. The molecule has 0 aliphatic carbocycles. The van der Waals surface area contributed by atoms with Crippen LogP contribution in [0.15, 0.2) is 66.7 Å². The Morgan fingerprint density at radius 3 is 2.68 bits per heavy atom. The number of benzene rings is 3. The van der Waals surface area contributed by atoms with Crippen LogP contribution in [0.25, 0.3) is 11.0 Å². The molecule has 0 radical (unpaired) electrons. The predicted molar refractivity (Wildman–Crippen MR) is 133 cm³/mol. The number of nitrogens with zero attached hydrogens (tertiary/aromatic N) is 2. The van der Waals surface area contributed by atoms with Gasteiger partial charge in [0, 0.05) is 30.1 Å². The minimum atomic E-state index is -0.357. The van der Waals surface area contributed by atoms with Crippen LogP contribution < -0.4 is 10.1 Å². The van der Waals surface area contributed by atoms with Crippen molar-refractivity contribution in [2.75, 3.05) is 13.2 Å². The molecule has 0 atom stereocenters. The van der Waals surface area contributed by atoms with E-state index in [1.807, 2.05) is 43.3 Å². The van der Waals surface area contributed by atoms with Gasteiger partial charge in [-0.15, -0.1) is 0 Å². The molecule has 0 saturated carbocycles. The van der Waals surface area contributed by atoms with E-state index < -0.39 is 0 Å². The predicted octanol–water partition coefficient (Wildman–Crippen LogP) is 5.97. The number of ether oxygens (including phenoxy) is 1. The van der Waals surface area contributed by atoms with E-state index in [1.165, 1.54) is 24.3 Å². The smallest absolute Gasteiger partial charge is 0.251 e. The highest BCUT2D eigenvalue weighted by molar-refractivity contribution is 6.31. The van der Waals surface area contributed by atoms with Gasteiger partial charge in [-0.2, -0.15) is 0 Å². The maximum atomic E-state index is 13.0. The van der Waals surface area contributed by atoms with Crippen LogP contribution in [0, 0.1) is 12.7 Å². The van der Waals surface area contributed by atoms with Crippen LogP contribution >= 0.6 is 11.6 Å². The number of fused-ring (bicyclic) bond motifs is 1. The molecule has 4 rings (SSSR count). The summed E-state index contributed by atoms with van der Waals surface area (Å²) in [5, 5.41) is 3.63. The van der Waals surface area contributed by atoms with Crippen molar-refractivity contribution in [3.8, 4) is 5.75 Å². The van der Waals surface area contributed by atoms with Crippen LogP contribution in [-0.2, 0) is 13.0 Å². The summed E-state index contributed by atoms with van der Waals surface area (Å²) >= 11 is 6.09. The minimum Gasteiger partial charge on any atom is -0.494 e. The Morgan fingerprint density at radius 1 is 1.09 bits per heavy atom. The summed E-state index contributed by atoms with van der Waals surface area (Å²) in [6.45, 7) is 3.84. The zero-order chi connectivity index (χ0) is 23.9.